The Labute approximate surface area is 86.9 Å². The first kappa shape index (κ1) is 9.91. The van der Waals surface area contributed by atoms with Gasteiger partial charge in [0.05, 0.1) is 5.02 Å². The van der Waals surface area contributed by atoms with Crippen LogP contribution in [0.5, 0.6) is 0 Å². The highest BCUT2D eigenvalue weighted by Crippen LogP contribution is 2.35. The van der Waals surface area contributed by atoms with E-state index in [1.54, 1.807) is 0 Å². The highest BCUT2D eigenvalue weighted by atomic mass is 35.5. The van der Waals surface area contributed by atoms with E-state index in [4.69, 9.17) is 11.6 Å². The van der Waals surface area contributed by atoms with E-state index in [9.17, 15) is 8.78 Å². The lowest BCUT2D eigenvalue weighted by molar-refractivity contribution is 0.576. The molecule has 0 unspecified atom stereocenters. The van der Waals surface area contributed by atoms with E-state index in [0.717, 1.165) is 18.6 Å². The fraction of sp³-hybridized carbons (Fsp3) is 0.455. The second-order valence-corrected chi connectivity index (χ2v) is 4.18. The maximum atomic E-state index is 13.3. The third kappa shape index (κ3) is 2.06. The normalized spacial score (nSPS) is 15.9. The molecule has 14 heavy (non-hydrogen) atoms. The molecule has 76 valence electrons. The van der Waals surface area contributed by atoms with E-state index in [-0.39, 0.29) is 5.02 Å². The van der Waals surface area contributed by atoms with Gasteiger partial charge in [0.25, 0.3) is 0 Å². The van der Waals surface area contributed by atoms with Crippen molar-refractivity contribution in [2.24, 2.45) is 5.92 Å². The Hall–Kier alpha value is -0.630. The quantitative estimate of drug-likeness (QED) is 0.671. The Morgan fingerprint density at radius 3 is 2.50 bits per heavy atom. The van der Waals surface area contributed by atoms with Crippen LogP contribution in [-0.4, -0.2) is 0 Å². The Balaban J connectivity index is 2.16. The molecule has 1 aliphatic carbocycles. The molecule has 1 aromatic rings. The van der Waals surface area contributed by atoms with Gasteiger partial charge in [0.1, 0.15) is 11.6 Å². The third-order valence-corrected chi connectivity index (χ3v) is 3.05. The SMILES string of the molecule is Fc1ccc(F)c(CCC2CC2)c1Cl. The van der Waals surface area contributed by atoms with Gasteiger partial charge in [-0.05, 0) is 30.9 Å². The Kier molecular flexibility index (Phi) is 2.73. The van der Waals surface area contributed by atoms with E-state index < -0.39 is 11.6 Å². The summed E-state index contributed by atoms with van der Waals surface area (Å²) in [4.78, 5) is 0. The zero-order valence-electron chi connectivity index (χ0n) is 7.69. The van der Waals surface area contributed by atoms with E-state index in [1.165, 1.54) is 12.8 Å². The summed E-state index contributed by atoms with van der Waals surface area (Å²) in [6, 6.07) is 2.21. The van der Waals surface area contributed by atoms with Crippen molar-refractivity contribution in [3.63, 3.8) is 0 Å². The zero-order chi connectivity index (χ0) is 10.1. The molecule has 1 fully saturated rings. The number of rotatable bonds is 3. The van der Waals surface area contributed by atoms with Crippen molar-refractivity contribution in [1.82, 2.24) is 0 Å². The number of hydrogen-bond acceptors (Lipinski definition) is 0. The van der Waals surface area contributed by atoms with E-state index in [0.29, 0.717) is 17.9 Å². The molecule has 1 aliphatic rings. The second kappa shape index (κ2) is 3.85. The average Bonchev–Trinajstić information content (AvgIpc) is 2.95. The number of hydrogen-bond donors (Lipinski definition) is 0. The van der Waals surface area contributed by atoms with Crippen molar-refractivity contribution in [2.75, 3.05) is 0 Å². The van der Waals surface area contributed by atoms with Crippen molar-refractivity contribution in [2.45, 2.75) is 25.7 Å². The maximum Gasteiger partial charge on any atom is 0.142 e. The molecule has 0 atom stereocenters. The van der Waals surface area contributed by atoms with Crippen molar-refractivity contribution in [3.8, 4) is 0 Å². The molecule has 0 amide bonds. The molecule has 0 aromatic heterocycles. The highest BCUT2D eigenvalue weighted by Gasteiger charge is 2.22. The van der Waals surface area contributed by atoms with Crippen LogP contribution in [0.25, 0.3) is 0 Å². The van der Waals surface area contributed by atoms with Gasteiger partial charge in [0.15, 0.2) is 0 Å². The van der Waals surface area contributed by atoms with Crippen molar-refractivity contribution < 1.29 is 8.78 Å². The molecule has 0 N–H and O–H groups in total. The van der Waals surface area contributed by atoms with Crippen LogP contribution in [0.1, 0.15) is 24.8 Å². The minimum Gasteiger partial charge on any atom is -0.207 e. The van der Waals surface area contributed by atoms with Crippen LogP contribution in [-0.2, 0) is 6.42 Å². The minimum atomic E-state index is -0.529. The monoisotopic (exact) mass is 216 g/mol. The van der Waals surface area contributed by atoms with Crippen molar-refractivity contribution in [1.29, 1.82) is 0 Å². The van der Waals surface area contributed by atoms with Gasteiger partial charge in [-0.25, -0.2) is 8.78 Å². The van der Waals surface area contributed by atoms with Gasteiger partial charge in [-0.1, -0.05) is 24.4 Å². The van der Waals surface area contributed by atoms with Gasteiger partial charge >= 0.3 is 0 Å². The fourth-order valence-corrected chi connectivity index (χ4v) is 1.80. The number of benzene rings is 1. The summed E-state index contributed by atoms with van der Waals surface area (Å²) in [7, 11) is 0. The standard InChI is InChI=1S/C11H11ClF2/c12-11-8(4-3-7-1-2-7)9(13)5-6-10(11)14/h5-7H,1-4H2. The summed E-state index contributed by atoms with van der Waals surface area (Å²) in [5, 5.41) is -0.0503. The molecule has 1 saturated carbocycles. The molecule has 0 radical (unpaired) electrons. The van der Waals surface area contributed by atoms with Crippen LogP contribution in [0.2, 0.25) is 5.02 Å². The predicted octanol–water partition coefficient (Wildman–Crippen LogP) is 3.96. The van der Waals surface area contributed by atoms with Crippen LogP contribution in [0, 0.1) is 17.6 Å². The summed E-state index contributed by atoms with van der Waals surface area (Å²) in [5.74, 6) is -0.218. The molecule has 0 nitrogen and oxygen atoms in total. The molecule has 0 spiro atoms. The molecule has 0 aliphatic heterocycles. The molecular weight excluding hydrogens is 206 g/mol. The first-order valence-electron chi connectivity index (χ1n) is 4.81. The topological polar surface area (TPSA) is 0 Å². The second-order valence-electron chi connectivity index (χ2n) is 3.80. The Morgan fingerprint density at radius 2 is 1.86 bits per heavy atom. The summed E-state index contributed by atoms with van der Waals surface area (Å²) in [6.07, 6.45) is 3.90. The van der Waals surface area contributed by atoms with Gasteiger partial charge in [0.2, 0.25) is 0 Å². The van der Waals surface area contributed by atoms with Crippen LogP contribution < -0.4 is 0 Å². The lowest BCUT2D eigenvalue weighted by Gasteiger charge is -2.05. The van der Waals surface area contributed by atoms with Crippen LogP contribution in [0.3, 0.4) is 0 Å². The summed E-state index contributed by atoms with van der Waals surface area (Å²) in [5.41, 5.74) is 0.332. The minimum absolute atomic E-state index is 0.0503. The van der Waals surface area contributed by atoms with Gasteiger partial charge in [0, 0.05) is 5.56 Å². The lowest BCUT2D eigenvalue weighted by Crippen LogP contribution is -1.95. The lowest BCUT2D eigenvalue weighted by atomic mass is 10.1. The van der Waals surface area contributed by atoms with Gasteiger partial charge < -0.3 is 0 Å². The largest absolute Gasteiger partial charge is 0.207 e. The molecular formula is C11H11ClF2. The Morgan fingerprint density at radius 1 is 1.21 bits per heavy atom. The first-order chi connectivity index (χ1) is 6.68. The van der Waals surface area contributed by atoms with E-state index in [2.05, 4.69) is 0 Å². The van der Waals surface area contributed by atoms with Crippen LogP contribution in [0.4, 0.5) is 8.78 Å². The van der Waals surface area contributed by atoms with Crippen molar-refractivity contribution in [3.05, 3.63) is 34.4 Å². The van der Waals surface area contributed by atoms with Gasteiger partial charge in [-0.2, -0.15) is 0 Å². The average molecular weight is 217 g/mol. The van der Waals surface area contributed by atoms with Crippen LogP contribution >= 0.6 is 11.6 Å². The molecule has 1 aromatic carbocycles. The number of halogens is 3. The van der Waals surface area contributed by atoms with Crippen LogP contribution in [0.15, 0.2) is 12.1 Å². The van der Waals surface area contributed by atoms with Crippen molar-refractivity contribution >= 4 is 11.6 Å². The van der Waals surface area contributed by atoms with E-state index >= 15 is 0 Å². The molecule has 2 rings (SSSR count). The summed E-state index contributed by atoms with van der Waals surface area (Å²) in [6.45, 7) is 0. The highest BCUT2D eigenvalue weighted by molar-refractivity contribution is 6.31. The summed E-state index contributed by atoms with van der Waals surface area (Å²) < 4.78 is 26.3. The fourth-order valence-electron chi connectivity index (χ4n) is 1.55. The molecule has 0 heterocycles. The first-order valence-corrected chi connectivity index (χ1v) is 5.18. The van der Waals surface area contributed by atoms with Gasteiger partial charge in [-0.3, -0.25) is 0 Å². The predicted molar refractivity (Wildman–Crippen MR) is 52.4 cm³/mol. The molecule has 3 heteroatoms. The molecule has 0 bridgehead atoms. The van der Waals surface area contributed by atoms with E-state index in [1.807, 2.05) is 0 Å². The third-order valence-electron chi connectivity index (χ3n) is 2.64. The summed E-state index contributed by atoms with van der Waals surface area (Å²) >= 11 is 5.69. The zero-order valence-corrected chi connectivity index (χ0v) is 8.45. The maximum absolute atomic E-state index is 13.3. The smallest absolute Gasteiger partial charge is 0.142 e. The Bertz CT molecular complexity index is 345. The van der Waals surface area contributed by atoms with Gasteiger partial charge in [-0.15, -0.1) is 0 Å². The molecule has 0 saturated heterocycles.